The van der Waals surface area contributed by atoms with Crippen LogP contribution in [0.4, 0.5) is 0 Å². The fourth-order valence-electron chi connectivity index (χ4n) is 5.66. The van der Waals surface area contributed by atoms with E-state index in [0.29, 0.717) is 77.3 Å². The maximum atomic E-state index is 13.3. The second kappa shape index (κ2) is 19.6. The van der Waals surface area contributed by atoms with Crippen LogP contribution in [0, 0.1) is 5.92 Å². The van der Waals surface area contributed by atoms with Crippen molar-refractivity contribution in [1.82, 2.24) is 24.9 Å². The van der Waals surface area contributed by atoms with E-state index in [1.54, 1.807) is 26.8 Å². The monoisotopic (exact) mass is 667 g/mol. The molecule has 2 aromatic carbocycles. The second-order valence-corrected chi connectivity index (χ2v) is 12.4. The third-order valence-electron chi connectivity index (χ3n) is 8.66. The Morgan fingerprint density at radius 2 is 1.08 bits per heavy atom. The van der Waals surface area contributed by atoms with Crippen LogP contribution in [0.15, 0.2) is 54.6 Å². The molecule has 0 saturated carbocycles. The number of carboxylic acids is 3. The van der Waals surface area contributed by atoms with Crippen molar-refractivity contribution in [2.24, 2.45) is 5.92 Å². The Bertz CT molecular complexity index is 1320. The van der Waals surface area contributed by atoms with E-state index in [1.807, 2.05) is 56.3 Å². The molecule has 262 valence electrons. The van der Waals surface area contributed by atoms with Gasteiger partial charge in [-0.05, 0) is 36.1 Å². The molecule has 1 aliphatic heterocycles. The molecular weight excluding hydrogens is 618 g/mol. The van der Waals surface area contributed by atoms with Crippen LogP contribution < -0.4 is 5.32 Å². The maximum Gasteiger partial charge on any atom is 0.317 e. The number of carbonyl (C=O) groups excluding carboxylic acids is 2. The topological polar surface area (TPSA) is 171 Å². The van der Waals surface area contributed by atoms with E-state index in [1.165, 1.54) is 0 Å². The Labute approximate surface area is 282 Å². The van der Waals surface area contributed by atoms with Crippen molar-refractivity contribution in [3.63, 3.8) is 0 Å². The highest BCUT2D eigenvalue weighted by Gasteiger charge is 2.26. The minimum absolute atomic E-state index is 0.00916. The summed E-state index contributed by atoms with van der Waals surface area (Å²) in [4.78, 5) is 68.4. The largest absolute Gasteiger partial charge is 0.480 e. The molecule has 1 fully saturated rings. The van der Waals surface area contributed by atoms with E-state index in [9.17, 15) is 39.3 Å². The van der Waals surface area contributed by atoms with Gasteiger partial charge < -0.3 is 20.6 Å². The molecule has 2 atom stereocenters. The van der Waals surface area contributed by atoms with Crippen molar-refractivity contribution in [2.75, 3.05) is 72.0 Å². The summed E-state index contributed by atoms with van der Waals surface area (Å²) >= 11 is 0. The summed E-state index contributed by atoms with van der Waals surface area (Å²) in [6.07, 6.45) is 1.08. The van der Waals surface area contributed by atoms with Gasteiger partial charge in [-0.15, -0.1) is 0 Å². The molecule has 48 heavy (non-hydrogen) atoms. The Balaban J connectivity index is 1.72. The smallest absolute Gasteiger partial charge is 0.317 e. The number of carbonyl (C=O) groups is 5. The van der Waals surface area contributed by atoms with Crippen molar-refractivity contribution in [1.29, 1.82) is 0 Å². The van der Waals surface area contributed by atoms with Gasteiger partial charge in [0.1, 0.15) is 0 Å². The normalized spacial score (nSPS) is 17.4. The number of rotatable bonds is 15. The van der Waals surface area contributed by atoms with E-state index in [4.69, 9.17) is 0 Å². The molecular formula is C35H49N5O8. The summed E-state index contributed by atoms with van der Waals surface area (Å²) in [6, 6.07) is 16.1. The summed E-state index contributed by atoms with van der Waals surface area (Å²) < 4.78 is 0. The Morgan fingerprint density at radius 1 is 0.646 bits per heavy atom. The molecule has 2 aromatic rings. The Hall–Kier alpha value is -4.17. The average molecular weight is 668 g/mol. The summed E-state index contributed by atoms with van der Waals surface area (Å²) in [5.74, 6) is -3.49. The Kier molecular flexibility index (Phi) is 15.6. The van der Waals surface area contributed by atoms with Gasteiger partial charge in [-0.25, -0.2) is 0 Å². The number of carboxylic acid groups (broad SMARTS) is 3. The highest BCUT2D eigenvalue weighted by atomic mass is 16.4. The average Bonchev–Trinajstić information content (AvgIpc) is 3.05. The summed E-state index contributed by atoms with van der Waals surface area (Å²) in [5, 5.41) is 31.2. The Morgan fingerprint density at radius 3 is 1.50 bits per heavy atom. The first-order valence-electron chi connectivity index (χ1n) is 16.5. The zero-order valence-corrected chi connectivity index (χ0v) is 27.9. The fraction of sp³-hybridized carbons (Fsp3) is 0.514. The van der Waals surface area contributed by atoms with E-state index in [2.05, 4.69) is 10.2 Å². The molecule has 0 spiro atoms. The van der Waals surface area contributed by atoms with E-state index < -0.39 is 23.9 Å². The van der Waals surface area contributed by atoms with Crippen molar-refractivity contribution in [2.45, 2.75) is 39.3 Å². The zero-order chi connectivity index (χ0) is 35.1. The number of amides is 1. The molecule has 4 N–H and O–H groups in total. The first kappa shape index (κ1) is 38.3. The highest BCUT2D eigenvalue weighted by molar-refractivity contribution is 5.98. The van der Waals surface area contributed by atoms with E-state index in [0.717, 1.165) is 11.1 Å². The van der Waals surface area contributed by atoms with Gasteiger partial charge >= 0.3 is 17.9 Å². The van der Waals surface area contributed by atoms with Crippen molar-refractivity contribution < 1.29 is 39.3 Å². The lowest BCUT2D eigenvalue weighted by Crippen LogP contribution is -2.48. The van der Waals surface area contributed by atoms with Crippen molar-refractivity contribution >= 4 is 29.6 Å². The first-order valence-corrected chi connectivity index (χ1v) is 16.5. The number of Topliss-reactive ketones (excluding diaryl/α,β-unsaturated/α-hetero) is 1. The lowest BCUT2D eigenvalue weighted by Gasteiger charge is -2.33. The molecule has 1 amide bonds. The SMILES string of the molecule is CCC(C)C(=O)C(Cc1ccccc1)NC(=O)c1ccc(CN2CCN(CC(=O)O)CCN(CC(=O)O)CCN(CC(=O)O)CC2)cc1. The molecule has 0 bridgehead atoms. The summed E-state index contributed by atoms with van der Waals surface area (Å²) in [6.45, 7) is 6.89. The molecule has 0 aromatic heterocycles. The van der Waals surface area contributed by atoms with Gasteiger partial charge in [0.05, 0.1) is 25.7 Å². The van der Waals surface area contributed by atoms with Gasteiger partial charge in [0.25, 0.3) is 5.91 Å². The lowest BCUT2D eigenvalue weighted by molar-refractivity contribution is -0.140. The molecule has 1 heterocycles. The van der Waals surface area contributed by atoms with Crippen LogP contribution in [-0.2, 0) is 32.1 Å². The number of aliphatic carboxylic acids is 3. The third kappa shape index (κ3) is 13.5. The molecule has 1 saturated heterocycles. The quantitative estimate of drug-likeness (QED) is 0.217. The first-order chi connectivity index (χ1) is 22.9. The highest BCUT2D eigenvalue weighted by Crippen LogP contribution is 2.14. The predicted molar refractivity (Wildman–Crippen MR) is 180 cm³/mol. The molecule has 3 rings (SSSR count). The predicted octanol–water partition coefficient (Wildman–Crippen LogP) is 1.62. The number of hydrogen-bond acceptors (Lipinski definition) is 9. The number of hydrogen-bond donors (Lipinski definition) is 4. The van der Waals surface area contributed by atoms with Crippen LogP contribution in [0.2, 0.25) is 0 Å². The zero-order valence-electron chi connectivity index (χ0n) is 27.9. The molecule has 13 heteroatoms. The summed E-state index contributed by atoms with van der Waals surface area (Å²) in [7, 11) is 0. The molecule has 1 aliphatic rings. The van der Waals surface area contributed by atoms with Gasteiger partial charge in [0.15, 0.2) is 5.78 Å². The van der Waals surface area contributed by atoms with Crippen molar-refractivity contribution in [3.05, 3.63) is 71.3 Å². The van der Waals surface area contributed by atoms with Crippen LogP contribution in [0.3, 0.4) is 0 Å². The maximum absolute atomic E-state index is 13.3. The van der Waals surface area contributed by atoms with Crippen LogP contribution in [0.25, 0.3) is 0 Å². The molecule has 0 radical (unpaired) electrons. The van der Waals surface area contributed by atoms with Gasteiger partial charge in [0.2, 0.25) is 0 Å². The van der Waals surface area contributed by atoms with E-state index >= 15 is 0 Å². The molecule has 0 aliphatic carbocycles. The summed E-state index contributed by atoms with van der Waals surface area (Å²) in [5.41, 5.74) is 2.30. The van der Waals surface area contributed by atoms with Crippen LogP contribution >= 0.6 is 0 Å². The minimum atomic E-state index is -1.00. The number of nitrogens with one attached hydrogen (secondary N) is 1. The molecule has 2 unspecified atom stereocenters. The lowest BCUT2D eigenvalue weighted by atomic mass is 9.92. The fourth-order valence-corrected chi connectivity index (χ4v) is 5.66. The third-order valence-corrected chi connectivity index (χ3v) is 8.66. The van der Waals surface area contributed by atoms with E-state index in [-0.39, 0.29) is 37.2 Å². The second-order valence-electron chi connectivity index (χ2n) is 12.4. The van der Waals surface area contributed by atoms with Gasteiger partial charge in [-0.1, -0.05) is 56.3 Å². The standard InChI is InChI=1S/C35H49N5O8/c1-3-26(2)34(47)30(21-27-7-5-4-6-8-27)36-35(48)29-11-9-28(10-12-29)22-37-13-15-38(23-31(41)42)17-19-40(25-33(45)46)20-18-39(16-14-37)24-32(43)44/h4-12,26,30H,3,13-25H2,1-2H3,(H,36,48)(H,41,42)(H,43,44)(H,45,46). The van der Waals surface area contributed by atoms with Crippen LogP contribution in [0.1, 0.15) is 41.8 Å². The van der Waals surface area contributed by atoms with Crippen molar-refractivity contribution in [3.8, 4) is 0 Å². The number of benzene rings is 2. The number of nitrogens with zero attached hydrogens (tertiary/aromatic N) is 4. The van der Waals surface area contributed by atoms with Gasteiger partial charge in [-0.3, -0.25) is 43.6 Å². The van der Waals surface area contributed by atoms with Gasteiger partial charge in [0, 0.05) is 70.4 Å². The minimum Gasteiger partial charge on any atom is -0.480 e. The van der Waals surface area contributed by atoms with Crippen LogP contribution in [0.5, 0.6) is 0 Å². The van der Waals surface area contributed by atoms with Gasteiger partial charge in [-0.2, -0.15) is 0 Å². The number of ketones is 1. The van der Waals surface area contributed by atoms with Crippen LogP contribution in [-0.4, -0.2) is 143 Å². The molecule has 13 nitrogen and oxygen atoms in total.